The molecule has 1 aliphatic heterocycles. The van der Waals surface area contributed by atoms with Crippen LogP contribution in [0, 0.1) is 26.2 Å². The van der Waals surface area contributed by atoms with Gasteiger partial charge < -0.3 is 15.4 Å². The second-order valence-corrected chi connectivity index (χ2v) is 10.2. The fraction of sp³-hybridized carbons (Fsp3) is 0.619. The largest absolute Gasteiger partial charge is 0.487 e. The lowest BCUT2D eigenvalue weighted by Gasteiger charge is -2.19. The first-order valence-corrected chi connectivity index (χ1v) is 11.6. The SMILES string of the molecule is CNC(CCCNC(=N)NS(=O)(=O)c1c(C)c(C)c2c(c1C)CC(C)(C)O2)C(C)=O. The summed E-state index contributed by atoms with van der Waals surface area (Å²) in [6.07, 6.45) is 1.87. The van der Waals surface area contributed by atoms with Gasteiger partial charge in [-0.25, -0.2) is 13.1 Å². The Balaban J connectivity index is 2.12. The Bertz CT molecular complexity index is 954. The number of carbonyl (C=O) groups excluding carboxylic acids is 1. The fourth-order valence-corrected chi connectivity index (χ4v) is 5.47. The number of benzene rings is 1. The topological polar surface area (TPSA) is 120 Å². The lowest BCUT2D eigenvalue weighted by molar-refractivity contribution is -0.119. The highest BCUT2D eigenvalue weighted by Crippen LogP contribution is 2.43. The zero-order chi connectivity index (χ0) is 22.9. The Labute approximate surface area is 179 Å². The van der Waals surface area contributed by atoms with Gasteiger partial charge in [0.05, 0.1) is 10.9 Å². The minimum absolute atomic E-state index is 0.0540. The van der Waals surface area contributed by atoms with E-state index in [1.54, 1.807) is 20.9 Å². The lowest BCUT2D eigenvalue weighted by Crippen LogP contribution is -2.41. The van der Waals surface area contributed by atoms with E-state index >= 15 is 0 Å². The van der Waals surface area contributed by atoms with Crippen LogP contribution >= 0.6 is 0 Å². The molecule has 0 radical (unpaired) electrons. The molecule has 1 heterocycles. The Morgan fingerprint density at radius 3 is 2.40 bits per heavy atom. The van der Waals surface area contributed by atoms with Crippen LogP contribution in [0.2, 0.25) is 0 Å². The molecule has 0 bridgehead atoms. The minimum atomic E-state index is -3.93. The molecule has 0 aliphatic carbocycles. The van der Waals surface area contributed by atoms with Gasteiger partial charge in [0.15, 0.2) is 0 Å². The number of nitrogens with one attached hydrogen (secondary N) is 4. The third-order valence-corrected chi connectivity index (χ3v) is 7.23. The zero-order valence-electron chi connectivity index (χ0n) is 18.9. The van der Waals surface area contributed by atoms with Crippen molar-refractivity contribution in [3.63, 3.8) is 0 Å². The first-order valence-electron chi connectivity index (χ1n) is 10.2. The first-order chi connectivity index (χ1) is 13.8. The molecule has 0 amide bonds. The number of rotatable bonds is 8. The van der Waals surface area contributed by atoms with Gasteiger partial charge in [0.25, 0.3) is 10.0 Å². The van der Waals surface area contributed by atoms with E-state index in [0.29, 0.717) is 36.9 Å². The molecule has 4 N–H and O–H groups in total. The number of sulfonamides is 1. The molecule has 0 fully saturated rings. The molecular formula is C21H34N4O4S. The average molecular weight is 439 g/mol. The van der Waals surface area contributed by atoms with Gasteiger partial charge in [0.1, 0.15) is 17.1 Å². The lowest BCUT2D eigenvalue weighted by atomic mass is 9.94. The van der Waals surface area contributed by atoms with Crippen LogP contribution in [0.15, 0.2) is 4.90 Å². The number of hydrogen-bond acceptors (Lipinski definition) is 6. The molecule has 1 unspecified atom stereocenters. The van der Waals surface area contributed by atoms with Crippen molar-refractivity contribution in [1.29, 1.82) is 5.41 Å². The number of ether oxygens (including phenoxy) is 1. The molecule has 8 nitrogen and oxygen atoms in total. The van der Waals surface area contributed by atoms with Crippen molar-refractivity contribution in [3.8, 4) is 5.75 Å². The number of fused-ring (bicyclic) bond motifs is 1. The molecule has 1 aliphatic rings. The molecule has 0 saturated heterocycles. The molecule has 0 saturated carbocycles. The average Bonchev–Trinajstić information content (AvgIpc) is 2.95. The molecule has 9 heteroatoms. The van der Waals surface area contributed by atoms with Gasteiger partial charge in [0, 0.05) is 18.5 Å². The summed E-state index contributed by atoms with van der Waals surface area (Å²) in [6, 6.07) is -0.233. The maximum atomic E-state index is 13.1. The van der Waals surface area contributed by atoms with Crippen molar-refractivity contribution < 1.29 is 17.9 Å². The fourth-order valence-electron chi connectivity index (χ4n) is 3.94. The van der Waals surface area contributed by atoms with Crippen molar-refractivity contribution in [1.82, 2.24) is 15.4 Å². The normalized spacial score (nSPS) is 15.8. The Kier molecular flexibility index (Phi) is 7.19. The van der Waals surface area contributed by atoms with Gasteiger partial charge >= 0.3 is 0 Å². The van der Waals surface area contributed by atoms with Crippen LogP contribution < -0.4 is 20.1 Å². The second-order valence-electron chi connectivity index (χ2n) is 8.55. The molecule has 0 aromatic heterocycles. The van der Waals surface area contributed by atoms with E-state index in [1.807, 2.05) is 20.8 Å². The van der Waals surface area contributed by atoms with E-state index in [1.165, 1.54) is 6.92 Å². The number of likely N-dealkylation sites (N-methyl/N-ethyl adjacent to an activating group) is 1. The number of hydrogen-bond donors (Lipinski definition) is 4. The Morgan fingerprint density at radius 2 is 1.83 bits per heavy atom. The summed E-state index contributed by atoms with van der Waals surface area (Å²) in [5.74, 6) is 0.539. The maximum Gasteiger partial charge on any atom is 0.264 e. The van der Waals surface area contributed by atoms with Crippen molar-refractivity contribution >= 4 is 21.8 Å². The third-order valence-electron chi connectivity index (χ3n) is 5.61. The zero-order valence-corrected chi connectivity index (χ0v) is 19.8. The van der Waals surface area contributed by atoms with Gasteiger partial charge in [-0.05, 0) is 78.1 Å². The van der Waals surface area contributed by atoms with Gasteiger partial charge in [-0.1, -0.05) is 0 Å². The predicted octanol–water partition coefficient (Wildman–Crippen LogP) is 2.09. The van der Waals surface area contributed by atoms with Gasteiger partial charge in [0.2, 0.25) is 5.96 Å². The van der Waals surface area contributed by atoms with Crippen LogP contribution in [0.5, 0.6) is 5.75 Å². The summed E-state index contributed by atoms with van der Waals surface area (Å²) < 4.78 is 34.6. The van der Waals surface area contributed by atoms with Crippen molar-refractivity contribution in [3.05, 3.63) is 22.3 Å². The Morgan fingerprint density at radius 1 is 1.20 bits per heavy atom. The van der Waals surface area contributed by atoms with E-state index in [4.69, 9.17) is 10.1 Å². The van der Waals surface area contributed by atoms with Crippen molar-refractivity contribution in [2.24, 2.45) is 0 Å². The number of Topliss-reactive ketones (excluding diaryl/α,β-unsaturated/α-hetero) is 1. The molecular weight excluding hydrogens is 404 g/mol. The first kappa shape index (κ1) is 24.1. The molecule has 2 rings (SSSR count). The van der Waals surface area contributed by atoms with Crippen LogP contribution in [-0.4, -0.2) is 45.4 Å². The molecule has 1 aromatic carbocycles. The third kappa shape index (κ3) is 5.13. The van der Waals surface area contributed by atoms with Gasteiger partial charge in [-0.3, -0.25) is 10.2 Å². The minimum Gasteiger partial charge on any atom is -0.487 e. The van der Waals surface area contributed by atoms with Crippen molar-refractivity contribution in [2.75, 3.05) is 13.6 Å². The van der Waals surface area contributed by atoms with Gasteiger partial charge in [-0.2, -0.15) is 0 Å². The molecule has 1 atom stereocenters. The van der Waals surface area contributed by atoms with Gasteiger partial charge in [-0.15, -0.1) is 0 Å². The van der Waals surface area contributed by atoms with Crippen LogP contribution in [-0.2, 0) is 21.2 Å². The Hall–Kier alpha value is -2.13. The summed E-state index contributed by atoms with van der Waals surface area (Å²) in [5, 5.41) is 13.7. The van der Waals surface area contributed by atoms with E-state index in [2.05, 4.69) is 15.4 Å². The summed E-state index contributed by atoms with van der Waals surface area (Å²) in [7, 11) is -2.21. The molecule has 1 aromatic rings. The van der Waals surface area contributed by atoms with E-state index in [-0.39, 0.29) is 28.3 Å². The smallest absolute Gasteiger partial charge is 0.264 e. The summed E-state index contributed by atoms with van der Waals surface area (Å²) >= 11 is 0. The maximum absolute atomic E-state index is 13.1. The highest BCUT2D eigenvalue weighted by Gasteiger charge is 2.36. The summed E-state index contributed by atoms with van der Waals surface area (Å²) in [4.78, 5) is 11.6. The van der Waals surface area contributed by atoms with E-state index in [9.17, 15) is 13.2 Å². The van der Waals surface area contributed by atoms with Crippen LogP contribution in [0.4, 0.5) is 0 Å². The highest BCUT2D eigenvalue weighted by atomic mass is 32.2. The monoisotopic (exact) mass is 438 g/mol. The van der Waals surface area contributed by atoms with Crippen LogP contribution in [0.25, 0.3) is 0 Å². The quantitative estimate of drug-likeness (QED) is 0.280. The predicted molar refractivity (Wildman–Crippen MR) is 118 cm³/mol. The standard InChI is InChI=1S/C21H34N4O4S/c1-12-13(2)19(14(3)16-11-21(5,6)29-18(12)16)30(27,28)25-20(22)24-10-8-9-17(23-7)15(4)26/h17,23H,8-11H2,1-7H3,(H3,22,24,25). The van der Waals surface area contributed by atoms with Crippen LogP contribution in [0.1, 0.15) is 55.9 Å². The van der Waals surface area contributed by atoms with Crippen molar-refractivity contribution in [2.45, 2.75) is 77.3 Å². The summed E-state index contributed by atoms with van der Waals surface area (Å²) in [5.41, 5.74) is 2.63. The number of carbonyl (C=O) groups is 1. The number of ketones is 1. The molecule has 30 heavy (non-hydrogen) atoms. The van der Waals surface area contributed by atoms with Crippen LogP contribution in [0.3, 0.4) is 0 Å². The summed E-state index contributed by atoms with van der Waals surface area (Å²) in [6.45, 7) is 11.3. The molecule has 168 valence electrons. The van der Waals surface area contributed by atoms with E-state index < -0.39 is 10.0 Å². The van der Waals surface area contributed by atoms with E-state index in [0.717, 1.165) is 16.9 Å². The molecule has 0 spiro atoms. The number of guanidine groups is 1. The second kappa shape index (κ2) is 8.93. The highest BCUT2D eigenvalue weighted by molar-refractivity contribution is 7.90.